The molecule has 0 spiro atoms. The van der Waals surface area contributed by atoms with E-state index in [-0.39, 0.29) is 24.8 Å². The Morgan fingerprint density at radius 3 is 2.71 bits per heavy atom. The van der Waals surface area contributed by atoms with E-state index in [9.17, 15) is 9.59 Å². The monoisotopic (exact) mass is 399 g/mol. The predicted octanol–water partition coefficient (Wildman–Crippen LogP) is 2.52. The molecule has 28 heavy (non-hydrogen) atoms. The Morgan fingerprint density at radius 2 is 2.04 bits per heavy atom. The van der Waals surface area contributed by atoms with Gasteiger partial charge in [-0.15, -0.1) is 21.5 Å². The van der Waals surface area contributed by atoms with Crippen LogP contribution < -0.4 is 5.32 Å². The standard InChI is InChI=1S/C19H21N5O3S/c1-3-27-18(26)11-15(14-8-6-13(2)7-9-14)20-17(25)12-24-22-19(21-23-24)16-5-4-10-28-16/h4-10,15H,3,11-12H2,1-2H3,(H,20,25)/t15-/m0/s1. The van der Waals surface area contributed by atoms with Crippen molar-refractivity contribution in [3.05, 3.63) is 52.9 Å². The summed E-state index contributed by atoms with van der Waals surface area (Å²) in [5.74, 6) is -0.207. The summed E-state index contributed by atoms with van der Waals surface area (Å²) in [5.41, 5.74) is 1.93. The molecule has 2 aromatic heterocycles. The zero-order valence-electron chi connectivity index (χ0n) is 15.7. The third-order valence-electron chi connectivity index (χ3n) is 3.97. The average molecular weight is 399 g/mol. The topological polar surface area (TPSA) is 99.0 Å². The van der Waals surface area contributed by atoms with Crippen LogP contribution in [0.1, 0.15) is 30.5 Å². The van der Waals surface area contributed by atoms with Crippen molar-refractivity contribution in [1.29, 1.82) is 0 Å². The molecular weight excluding hydrogens is 378 g/mol. The maximum absolute atomic E-state index is 12.5. The molecule has 2 heterocycles. The maximum atomic E-state index is 12.5. The van der Waals surface area contributed by atoms with Gasteiger partial charge >= 0.3 is 5.97 Å². The van der Waals surface area contributed by atoms with Gasteiger partial charge in [0.2, 0.25) is 11.7 Å². The second-order valence-corrected chi connectivity index (χ2v) is 7.11. The maximum Gasteiger partial charge on any atom is 0.308 e. The number of aromatic nitrogens is 4. The van der Waals surface area contributed by atoms with E-state index in [1.807, 2.05) is 48.7 Å². The number of carbonyl (C=O) groups excluding carboxylic acids is 2. The number of rotatable bonds is 8. The van der Waals surface area contributed by atoms with Crippen molar-refractivity contribution in [2.24, 2.45) is 0 Å². The van der Waals surface area contributed by atoms with Crippen LogP contribution in [0.3, 0.4) is 0 Å². The van der Waals surface area contributed by atoms with Crippen molar-refractivity contribution in [2.45, 2.75) is 32.9 Å². The summed E-state index contributed by atoms with van der Waals surface area (Å²) in [6.45, 7) is 3.93. The van der Waals surface area contributed by atoms with Gasteiger partial charge in [0.25, 0.3) is 0 Å². The number of tetrazole rings is 1. The minimum Gasteiger partial charge on any atom is -0.466 e. The first-order valence-electron chi connectivity index (χ1n) is 8.88. The third-order valence-corrected chi connectivity index (χ3v) is 4.84. The van der Waals surface area contributed by atoms with Crippen LogP contribution >= 0.6 is 11.3 Å². The Labute approximate surface area is 166 Å². The normalized spacial score (nSPS) is 11.8. The quantitative estimate of drug-likeness (QED) is 0.585. The van der Waals surface area contributed by atoms with Gasteiger partial charge in [0.05, 0.1) is 23.9 Å². The molecule has 0 bridgehead atoms. The molecule has 1 aromatic carbocycles. The van der Waals surface area contributed by atoms with E-state index in [1.165, 1.54) is 16.1 Å². The molecule has 3 aromatic rings. The highest BCUT2D eigenvalue weighted by molar-refractivity contribution is 7.13. The van der Waals surface area contributed by atoms with E-state index in [4.69, 9.17) is 4.74 Å². The van der Waals surface area contributed by atoms with Gasteiger partial charge in [-0.3, -0.25) is 9.59 Å². The van der Waals surface area contributed by atoms with Crippen molar-refractivity contribution in [1.82, 2.24) is 25.5 Å². The van der Waals surface area contributed by atoms with Crippen LogP contribution in [0.2, 0.25) is 0 Å². The molecule has 1 N–H and O–H groups in total. The van der Waals surface area contributed by atoms with Crippen molar-refractivity contribution in [3.63, 3.8) is 0 Å². The van der Waals surface area contributed by atoms with Gasteiger partial charge in [-0.05, 0) is 36.1 Å². The zero-order chi connectivity index (χ0) is 19.9. The van der Waals surface area contributed by atoms with E-state index >= 15 is 0 Å². The molecule has 146 valence electrons. The van der Waals surface area contributed by atoms with Crippen LogP contribution in [0.4, 0.5) is 0 Å². The molecule has 0 aliphatic rings. The second kappa shape index (κ2) is 9.23. The lowest BCUT2D eigenvalue weighted by Crippen LogP contribution is -2.33. The van der Waals surface area contributed by atoms with Crippen molar-refractivity contribution < 1.29 is 14.3 Å². The minimum atomic E-state index is -0.493. The Morgan fingerprint density at radius 1 is 1.25 bits per heavy atom. The van der Waals surface area contributed by atoms with Crippen LogP contribution in [0.25, 0.3) is 10.7 Å². The van der Waals surface area contributed by atoms with Crippen LogP contribution in [0.5, 0.6) is 0 Å². The lowest BCUT2D eigenvalue weighted by atomic mass is 10.0. The number of hydrogen-bond donors (Lipinski definition) is 1. The summed E-state index contributed by atoms with van der Waals surface area (Å²) in [6, 6.07) is 10.9. The minimum absolute atomic E-state index is 0.0495. The lowest BCUT2D eigenvalue weighted by molar-refractivity contribution is -0.143. The number of nitrogens with zero attached hydrogens (tertiary/aromatic N) is 4. The summed E-state index contributed by atoms with van der Waals surface area (Å²) >= 11 is 1.50. The lowest BCUT2D eigenvalue weighted by Gasteiger charge is -2.18. The fraction of sp³-hybridized carbons (Fsp3) is 0.316. The van der Waals surface area contributed by atoms with Crippen LogP contribution in [-0.2, 0) is 20.9 Å². The highest BCUT2D eigenvalue weighted by Gasteiger charge is 2.20. The average Bonchev–Trinajstić information content (AvgIpc) is 3.33. The number of amides is 1. The summed E-state index contributed by atoms with van der Waals surface area (Å²) in [6.07, 6.45) is 0.0495. The molecule has 9 heteroatoms. The summed E-state index contributed by atoms with van der Waals surface area (Å²) in [5, 5.41) is 16.9. The zero-order valence-corrected chi connectivity index (χ0v) is 16.5. The SMILES string of the molecule is CCOC(=O)C[C@H](NC(=O)Cn1nnc(-c2cccs2)n1)c1ccc(C)cc1. The van der Waals surface area contributed by atoms with Gasteiger partial charge in [-0.25, -0.2) is 0 Å². The third kappa shape index (κ3) is 5.23. The molecule has 0 fully saturated rings. The molecule has 0 aliphatic carbocycles. The summed E-state index contributed by atoms with van der Waals surface area (Å²) in [7, 11) is 0. The highest BCUT2D eigenvalue weighted by Crippen LogP contribution is 2.20. The molecule has 0 saturated carbocycles. The Balaban J connectivity index is 1.68. The summed E-state index contributed by atoms with van der Waals surface area (Å²) < 4.78 is 5.03. The number of esters is 1. The molecule has 1 atom stereocenters. The number of nitrogens with one attached hydrogen (secondary N) is 1. The van der Waals surface area contributed by atoms with Crippen LogP contribution in [-0.4, -0.2) is 38.7 Å². The Hall–Kier alpha value is -3.07. The van der Waals surface area contributed by atoms with Crippen molar-refractivity contribution in [3.8, 4) is 10.7 Å². The molecular formula is C19H21N5O3S. The number of carbonyl (C=O) groups is 2. The van der Waals surface area contributed by atoms with Gasteiger partial charge in [0.15, 0.2) is 0 Å². The first kappa shape index (κ1) is 19.7. The molecule has 0 unspecified atom stereocenters. The fourth-order valence-corrected chi connectivity index (χ4v) is 3.27. The van der Waals surface area contributed by atoms with E-state index in [2.05, 4.69) is 20.7 Å². The predicted molar refractivity (Wildman–Crippen MR) is 104 cm³/mol. The number of aryl methyl sites for hydroxylation is 1. The molecule has 0 radical (unpaired) electrons. The molecule has 0 aliphatic heterocycles. The highest BCUT2D eigenvalue weighted by atomic mass is 32.1. The van der Waals surface area contributed by atoms with Crippen molar-refractivity contribution >= 4 is 23.2 Å². The smallest absolute Gasteiger partial charge is 0.308 e. The van der Waals surface area contributed by atoms with Crippen LogP contribution in [0, 0.1) is 6.92 Å². The van der Waals surface area contributed by atoms with Crippen LogP contribution in [0.15, 0.2) is 41.8 Å². The van der Waals surface area contributed by atoms with Gasteiger partial charge in [-0.2, -0.15) is 4.80 Å². The fourth-order valence-electron chi connectivity index (χ4n) is 2.62. The number of ether oxygens (including phenoxy) is 1. The molecule has 1 amide bonds. The first-order valence-corrected chi connectivity index (χ1v) is 9.76. The van der Waals surface area contributed by atoms with Crippen molar-refractivity contribution in [2.75, 3.05) is 6.61 Å². The number of benzene rings is 1. The van der Waals surface area contributed by atoms with E-state index < -0.39 is 6.04 Å². The van der Waals surface area contributed by atoms with Gasteiger partial charge in [0.1, 0.15) is 6.54 Å². The first-order chi connectivity index (χ1) is 13.5. The summed E-state index contributed by atoms with van der Waals surface area (Å²) in [4.78, 5) is 26.6. The molecule has 8 nitrogen and oxygen atoms in total. The second-order valence-electron chi connectivity index (χ2n) is 6.16. The van der Waals surface area contributed by atoms with E-state index in [0.717, 1.165) is 16.0 Å². The number of thiophene rings is 1. The Bertz CT molecular complexity index is 921. The van der Waals surface area contributed by atoms with Gasteiger partial charge in [0, 0.05) is 0 Å². The number of hydrogen-bond acceptors (Lipinski definition) is 7. The Kier molecular flexibility index (Phi) is 6.49. The van der Waals surface area contributed by atoms with Gasteiger partial charge < -0.3 is 10.1 Å². The van der Waals surface area contributed by atoms with E-state index in [0.29, 0.717) is 12.4 Å². The van der Waals surface area contributed by atoms with Gasteiger partial charge in [-0.1, -0.05) is 35.9 Å². The molecule has 0 saturated heterocycles. The van der Waals surface area contributed by atoms with E-state index in [1.54, 1.807) is 6.92 Å². The largest absolute Gasteiger partial charge is 0.466 e. The molecule has 3 rings (SSSR count).